The predicted octanol–water partition coefficient (Wildman–Crippen LogP) is 3.75. The summed E-state index contributed by atoms with van der Waals surface area (Å²) in [6.07, 6.45) is -4.01. The van der Waals surface area contributed by atoms with Gasteiger partial charge in [0.15, 0.2) is 0 Å². The van der Waals surface area contributed by atoms with Gasteiger partial charge in [-0.15, -0.1) is 12.4 Å². The number of esters is 1. The molecule has 4 nitrogen and oxygen atoms in total. The summed E-state index contributed by atoms with van der Waals surface area (Å²) >= 11 is 0. The Morgan fingerprint density at radius 3 is 2.08 bits per heavy atom. The predicted molar refractivity (Wildman–Crippen MR) is 93.2 cm³/mol. The highest BCUT2D eigenvalue weighted by Gasteiger charge is 2.29. The van der Waals surface area contributed by atoms with Crippen LogP contribution in [0, 0.1) is 0 Å². The van der Waals surface area contributed by atoms with Crippen LogP contribution in [-0.2, 0) is 28.7 Å². The van der Waals surface area contributed by atoms with Crippen molar-refractivity contribution >= 4 is 18.4 Å². The van der Waals surface area contributed by atoms with Gasteiger partial charge in [0.25, 0.3) is 0 Å². The maximum atomic E-state index is 12.5. The van der Waals surface area contributed by atoms with E-state index < -0.39 is 23.8 Å². The number of ether oxygens (including phenoxy) is 2. The van der Waals surface area contributed by atoms with Gasteiger partial charge >= 0.3 is 12.1 Å². The third kappa shape index (κ3) is 6.24. The van der Waals surface area contributed by atoms with Gasteiger partial charge in [0.1, 0.15) is 18.4 Å². The topological polar surface area (TPSA) is 61.5 Å². The standard InChI is InChI=1S/C18H18F3NO3.ClH/c1-24-17(23)16(22)10-12-4-8-15(9-5-12)25-11-13-2-6-14(7-3-13)18(19,20)21;/h2-9,16H,10-11,22H2,1H3;1H/t16-;/m0./s1. The van der Waals surface area contributed by atoms with Crippen LogP contribution in [0.4, 0.5) is 13.2 Å². The largest absolute Gasteiger partial charge is 0.489 e. The molecule has 0 aromatic heterocycles. The summed E-state index contributed by atoms with van der Waals surface area (Å²) in [5.41, 5.74) is 6.47. The number of methoxy groups -OCH3 is 1. The zero-order valence-electron chi connectivity index (χ0n) is 14.0. The minimum absolute atomic E-state index is 0. The number of halogens is 4. The number of alkyl halides is 3. The molecule has 0 bridgehead atoms. The Balaban J connectivity index is 0.00000338. The summed E-state index contributed by atoms with van der Waals surface area (Å²) in [5, 5.41) is 0. The van der Waals surface area contributed by atoms with E-state index in [1.165, 1.54) is 19.2 Å². The molecule has 26 heavy (non-hydrogen) atoms. The fraction of sp³-hybridized carbons (Fsp3) is 0.278. The first kappa shape index (κ1) is 21.8. The van der Waals surface area contributed by atoms with Crippen LogP contribution in [0.25, 0.3) is 0 Å². The van der Waals surface area contributed by atoms with Crippen molar-refractivity contribution in [2.24, 2.45) is 5.73 Å². The number of carbonyl (C=O) groups excluding carboxylic acids is 1. The van der Waals surface area contributed by atoms with Crippen molar-refractivity contribution < 1.29 is 27.4 Å². The van der Waals surface area contributed by atoms with Crippen LogP contribution in [-0.4, -0.2) is 19.1 Å². The molecule has 2 N–H and O–H groups in total. The molecule has 2 aromatic carbocycles. The molecule has 0 aliphatic heterocycles. The van der Waals surface area contributed by atoms with Gasteiger partial charge < -0.3 is 15.2 Å². The lowest BCUT2D eigenvalue weighted by Gasteiger charge is -2.11. The number of nitrogens with two attached hydrogens (primary N) is 1. The van der Waals surface area contributed by atoms with E-state index in [1.807, 2.05) is 0 Å². The monoisotopic (exact) mass is 389 g/mol. The highest BCUT2D eigenvalue weighted by molar-refractivity contribution is 5.85. The Hall–Kier alpha value is -2.25. The molecule has 8 heteroatoms. The quantitative estimate of drug-likeness (QED) is 0.764. The lowest BCUT2D eigenvalue weighted by molar-refractivity contribution is -0.142. The molecule has 0 aliphatic carbocycles. The van der Waals surface area contributed by atoms with Crippen molar-refractivity contribution in [3.8, 4) is 5.75 Å². The van der Waals surface area contributed by atoms with E-state index in [1.54, 1.807) is 24.3 Å². The second kappa shape index (κ2) is 9.45. The molecule has 0 radical (unpaired) electrons. The second-order valence-corrected chi connectivity index (χ2v) is 5.46. The minimum atomic E-state index is -4.35. The molecule has 1 atom stereocenters. The smallest absolute Gasteiger partial charge is 0.416 e. The first-order chi connectivity index (χ1) is 11.8. The molecule has 2 rings (SSSR count). The van der Waals surface area contributed by atoms with Gasteiger partial charge in [0, 0.05) is 0 Å². The Labute approximate surface area is 155 Å². The number of rotatable bonds is 6. The SMILES string of the molecule is COC(=O)[C@@H](N)Cc1ccc(OCc2ccc(C(F)(F)F)cc2)cc1.Cl. The van der Waals surface area contributed by atoms with Gasteiger partial charge in [-0.2, -0.15) is 13.2 Å². The molecule has 0 aliphatic rings. The van der Waals surface area contributed by atoms with Crippen LogP contribution < -0.4 is 10.5 Å². The van der Waals surface area contributed by atoms with E-state index in [2.05, 4.69) is 4.74 Å². The molecule has 0 saturated carbocycles. The molecular formula is C18H19ClF3NO3. The van der Waals surface area contributed by atoms with Gasteiger partial charge in [-0.25, -0.2) is 0 Å². The van der Waals surface area contributed by atoms with Gasteiger partial charge in [-0.3, -0.25) is 4.79 Å². The van der Waals surface area contributed by atoms with E-state index in [4.69, 9.17) is 10.5 Å². The van der Waals surface area contributed by atoms with E-state index >= 15 is 0 Å². The number of benzene rings is 2. The zero-order valence-corrected chi connectivity index (χ0v) is 14.8. The van der Waals surface area contributed by atoms with Crippen LogP contribution in [0.15, 0.2) is 48.5 Å². The normalized spacial score (nSPS) is 12.0. The molecule has 0 heterocycles. The lowest BCUT2D eigenvalue weighted by Crippen LogP contribution is -2.33. The summed E-state index contributed by atoms with van der Waals surface area (Å²) in [6.45, 7) is 0.152. The summed E-state index contributed by atoms with van der Waals surface area (Å²) in [7, 11) is 1.28. The second-order valence-electron chi connectivity index (χ2n) is 5.46. The number of hydrogen-bond donors (Lipinski definition) is 1. The summed E-state index contributed by atoms with van der Waals surface area (Å²) in [6, 6.07) is 11.0. The van der Waals surface area contributed by atoms with E-state index in [0.29, 0.717) is 17.7 Å². The van der Waals surface area contributed by atoms with Crippen LogP contribution in [0.5, 0.6) is 5.75 Å². The van der Waals surface area contributed by atoms with E-state index in [-0.39, 0.29) is 19.0 Å². The molecular weight excluding hydrogens is 371 g/mol. The zero-order chi connectivity index (χ0) is 18.4. The van der Waals surface area contributed by atoms with Crippen molar-refractivity contribution in [1.29, 1.82) is 0 Å². The number of hydrogen-bond acceptors (Lipinski definition) is 4. The molecule has 0 amide bonds. The third-order valence-corrected chi connectivity index (χ3v) is 3.57. The van der Waals surface area contributed by atoms with Crippen molar-refractivity contribution in [2.45, 2.75) is 25.2 Å². The molecule has 0 unspecified atom stereocenters. The molecule has 0 spiro atoms. The minimum Gasteiger partial charge on any atom is -0.489 e. The fourth-order valence-electron chi connectivity index (χ4n) is 2.17. The fourth-order valence-corrected chi connectivity index (χ4v) is 2.17. The van der Waals surface area contributed by atoms with Gasteiger partial charge in [0.2, 0.25) is 0 Å². The average molecular weight is 390 g/mol. The Kier molecular flexibility index (Phi) is 7.92. The van der Waals surface area contributed by atoms with Crippen molar-refractivity contribution in [2.75, 3.05) is 7.11 Å². The van der Waals surface area contributed by atoms with Crippen LogP contribution in [0.1, 0.15) is 16.7 Å². The Morgan fingerprint density at radius 1 is 1.04 bits per heavy atom. The van der Waals surface area contributed by atoms with Crippen molar-refractivity contribution in [1.82, 2.24) is 0 Å². The maximum Gasteiger partial charge on any atom is 0.416 e. The maximum absolute atomic E-state index is 12.5. The van der Waals surface area contributed by atoms with Crippen molar-refractivity contribution in [3.63, 3.8) is 0 Å². The van der Waals surface area contributed by atoms with E-state index in [0.717, 1.165) is 17.7 Å². The van der Waals surface area contributed by atoms with Crippen LogP contribution >= 0.6 is 12.4 Å². The summed E-state index contributed by atoms with van der Waals surface area (Å²) < 4.78 is 47.6. The highest BCUT2D eigenvalue weighted by Crippen LogP contribution is 2.29. The first-order valence-corrected chi connectivity index (χ1v) is 7.51. The van der Waals surface area contributed by atoms with Gasteiger partial charge in [-0.1, -0.05) is 24.3 Å². The summed E-state index contributed by atoms with van der Waals surface area (Å²) in [4.78, 5) is 11.3. The Morgan fingerprint density at radius 2 is 1.58 bits per heavy atom. The Bertz CT molecular complexity index is 703. The van der Waals surface area contributed by atoms with Gasteiger partial charge in [0.05, 0.1) is 12.7 Å². The average Bonchev–Trinajstić information content (AvgIpc) is 2.60. The highest BCUT2D eigenvalue weighted by atomic mass is 35.5. The molecule has 0 fully saturated rings. The molecule has 2 aromatic rings. The van der Waals surface area contributed by atoms with E-state index in [9.17, 15) is 18.0 Å². The first-order valence-electron chi connectivity index (χ1n) is 7.51. The van der Waals surface area contributed by atoms with Crippen molar-refractivity contribution in [3.05, 3.63) is 65.2 Å². The van der Waals surface area contributed by atoms with Crippen LogP contribution in [0.3, 0.4) is 0 Å². The van der Waals surface area contributed by atoms with Crippen LogP contribution in [0.2, 0.25) is 0 Å². The summed E-state index contributed by atoms with van der Waals surface area (Å²) in [5.74, 6) is 0.0814. The third-order valence-electron chi connectivity index (χ3n) is 3.57. The van der Waals surface area contributed by atoms with Gasteiger partial charge in [-0.05, 0) is 41.8 Å². The lowest BCUT2D eigenvalue weighted by atomic mass is 10.1. The molecule has 142 valence electrons. The number of carbonyl (C=O) groups is 1. The molecule has 0 saturated heterocycles.